The van der Waals surface area contributed by atoms with Crippen molar-refractivity contribution in [2.75, 3.05) is 6.54 Å². The van der Waals surface area contributed by atoms with Gasteiger partial charge < -0.3 is 5.11 Å². The van der Waals surface area contributed by atoms with Crippen LogP contribution in [0.5, 0.6) is 0 Å². The Labute approximate surface area is 67.9 Å². The van der Waals surface area contributed by atoms with E-state index in [9.17, 15) is 9.70 Å². The molecular formula is C5H6N2O3S. The minimum absolute atomic E-state index is 0.190. The van der Waals surface area contributed by atoms with E-state index >= 15 is 0 Å². The summed E-state index contributed by atoms with van der Waals surface area (Å²) in [5, 5.41) is 12.0. The molecule has 11 heavy (non-hydrogen) atoms. The van der Waals surface area contributed by atoms with E-state index in [0.29, 0.717) is 4.86 Å². The Kier molecular flexibility index (Phi) is 2.13. The molecular weight excluding hydrogens is 168 g/mol. The molecule has 0 spiro atoms. The Balaban J connectivity index is 2.72. The number of thiocarbonyl (C=S) groups is 1. The smallest absolute Gasteiger partial charge is 0.328 e. The van der Waals surface area contributed by atoms with Crippen molar-refractivity contribution in [3.8, 4) is 0 Å². The highest BCUT2D eigenvalue weighted by atomic mass is 32.1. The maximum Gasteiger partial charge on any atom is 0.328 e. The molecule has 5 nitrogen and oxygen atoms in total. The van der Waals surface area contributed by atoms with Gasteiger partial charge in [0.05, 0.1) is 11.8 Å². The largest absolute Gasteiger partial charge is 0.480 e. The first kappa shape index (κ1) is 8.06. The normalized spacial score (nSPS) is 23.8. The monoisotopic (exact) mass is 174 g/mol. The van der Waals surface area contributed by atoms with Crippen molar-refractivity contribution in [2.45, 2.75) is 12.5 Å². The number of carboxylic acids is 1. The molecule has 0 amide bonds. The van der Waals surface area contributed by atoms with Gasteiger partial charge in [-0.15, -0.1) is 4.91 Å². The van der Waals surface area contributed by atoms with Crippen LogP contribution in [-0.4, -0.2) is 33.5 Å². The minimum Gasteiger partial charge on any atom is -0.480 e. The van der Waals surface area contributed by atoms with Gasteiger partial charge in [0.15, 0.2) is 6.04 Å². The first-order chi connectivity index (χ1) is 5.15. The fourth-order valence-electron chi connectivity index (χ4n) is 0.977. The van der Waals surface area contributed by atoms with E-state index in [1.54, 1.807) is 0 Å². The summed E-state index contributed by atoms with van der Waals surface area (Å²) in [6.07, 6.45) is 0.246. The summed E-state index contributed by atoms with van der Waals surface area (Å²) in [6.45, 7) is 0.190. The van der Waals surface area contributed by atoms with Gasteiger partial charge in [-0.2, -0.15) is 0 Å². The third kappa shape index (κ3) is 1.51. The van der Waals surface area contributed by atoms with Gasteiger partial charge in [-0.05, 0) is 0 Å². The number of carboxylic acid groups (broad SMARTS) is 1. The molecule has 6 heteroatoms. The number of rotatable bonds is 2. The summed E-state index contributed by atoms with van der Waals surface area (Å²) >= 11 is 4.75. The molecule has 1 heterocycles. The van der Waals surface area contributed by atoms with Gasteiger partial charge in [0.25, 0.3) is 0 Å². The standard InChI is InChI=1S/C5H6N2O3S/c8-5(9)4-1-3(11)2-7(4)6-10/h4H,1-2H2,(H,8,9)/t4-/m0/s1. The van der Waals surface area contributed by atoms with Gasteiger partial charge in [-0.1, -0.05) is 12.2 Å². The maximum atomic E-state index is 10.4. The molecule has 0 aromatic rings. The van der Waals surface area contributed by atoms with Crippen LogP contribution in [0.2, 0.25) is 0 Å². The molecule has 1 aliphatic heterocycles. The molecule has 1 atom stereocenters. The summed E-state index contributed by atoms with van der Waals surface area (Å²) in [4.78, 5) is 21.0. The van der Waals surface area contributed by atoms with Gasteiger partial charge in [-0.25, -0.2) is 9.80 Å². The SMILES string of the molecule is O=NN1CC(=S)C[C@H]1C(=O)O. The lowest BCUT2D eigenvalue weighted by Gasteiger charge is -2.10. The highest BCUT2D eigenvalue weighted by Crippen LogP contribution is 2.15. The van der Waals surface area contributed by atoms with E-state index in [4.69, 9.17) is 17.3 Å². The van der Waals surface area contributed by atoms with E-state index in [2.05, 4.69) is 5.29 Å². The lowest BCUT2D eigenvalue weighted by Crippen LogP contribution is -2.31. The predicted molar refractivity (Wildman–Crippen MR) is 41.1 cm³/mol. The van der Waals surface area contributed by atoms with E-state index in [0.717, 1.165) is 5.01 Å². The maximum absolute atomic E-state index is 10.4. The van der Waals surface area contributed by atoms with E-state index < -0.39 is 12.0 Å². The number of nitroso groups, excluding NO2 is 1. The van der Waals surface area contributed by atoms with E-state index in [1.807, 2.05) is 0 Å². The van der Waals surface area contributed by atoms with Crippen LogP contribution >= 0.6 is 12.2 Å². The number of aliphatic carboxylic acids is 1. The lowest BCUT2D eigenvalue weighted by atomic mass is 10.2. The molecule has 1 aliphatic rings. The van der Waals surface area contributed by atoms with Crippen LogP contribution in [0.3, 0.4) is 0 Å². The van der Waals surface area contributed by atoms with Gasteiger partial charge in [0.2, 0.25) is 0 Å². The molecule has 0 unspecified atom stereocenters. The summed E-state index contributed by atoms with van der Waals surface area (Å²) < 4.78 is 0. The fourth-order valence-corrected chi connectivity index (χ4v) is 1.27. The summed E-state index contributed by atoms with van der Waals surface area (Å²) in [5.41, 5.74) is 0. The summed E-state index contributed by atoms with van der Waals surface area (Å²) in [7, 11) is 0. The average Bonchev–Trinajstić information content (AvgIpc) is 2.30. The molecule has 0 bridgehead atoms. The Hall–Kier alpha value is -1.04. The number of nitrogens with zero attached hydrogens (tertiary/aromatic N) is 2. The zero-order valence-electron chi connectivity index (χ0n) is 5.56. The van der Waals surface area contributed by atoms with Gasteiger partial charge in [0.1, 0.15) is 0 Å². The van der Waals surface area contributed by atoms with Crippen LogP contribution in [-0.2, 0) is 4.79 Å². The van der Waals surface area contributed by atoms with Gasteiger partial charge >= 0.3 is 5.97 Å². The number of hydrogen-bond donors (Lipinski definition) is 1. The third-order valence-corrected chi connectivity index (χ3v) is 1.80. The van der Waals surface area contributed by atoms with Gasteiger partial charge in [-0.3, -0.25) is 0 Å². The van der Waals surface area contributed by atoms with Crippen molar-refractivity contribution in [1.82, 2.24) is 5.01 Å². The summed E-state index contributed by atoms with van der Waals surface area (Å²) in [5.74, 6) is -1.05. The molecule has 60 valence electrons. The van der Waals surface area contributed by atoms with Crippen LogP contribution in [0.25, 0.3) is 0 Å². The van der Waals surface area contributed by atoms with Crippen LogP contribution in [0, 0.1) is 4.91 Å². The lowest BCUT2D eigenvalue weighted by molar-refractivity contribution is -0.142. The van der Waals surface area contributed by atoms with E-state index in [1.165, 1.54) is 0 Å². The Morgan fingerprint density at radius 1 is 1.82 bits per heavy atom. The molecule has 1 rings (SSSR count). The first-order valence-electron chi connectivity index (χ1n) is 2.99. The predicted octanol–water partition coefficient (Wildman–Crippen LogP) is 0.197. The molecule has 1 fully saturated rings. The highest BCUT2D eigenvalue weighted by Gasteiger charge is 2.33. The second-order valence-corrected chi connectivity index (χ2v) is 2.85. The second kappa shape index (κ2) is 2.91. The Bertz CT molecular complexity index is 218. The topological polar surface area (TPSA) is 70.0 Å². The van der Waals surface area contributed by atoms with Crippen molar-refractivity contribution >= 4 is 23.1 Å². The molecule has 1 N–H and O–H groups in total. The van der Waals surface area contributed by atoms with Crippen molar-refractivity contribution in [3.05, 3.63) is 4.91 Å². The Morgan fingerprint density at radius 3 is 2.82 bits per heavy atom. The number of hydrogen-bond acceptors (Lipinski definition) is 4. The van der Waals surface area contributed by atoms with Crippen LogP contribution < -0.4 is 0 Å². The van der Waals surface area contributed by atoms with Crippen LogP contribution in [0.15, 0.2) is 5.29 Å². The molecule has 0 aromatic carbocycles. The van der Waals surface area contributed by atoms with Crippen LogP contribution in [0.4, 0.5) is 0 Å². The Morgan fingerprint density at radius 2 is 2.45 bits per heavy atom. The third-order valence-electron chi connectivity index (χ3n) is 1.51. The average molecular weight is 174 g/mol. The zero-order chi connectivity index (χ0) is 8.43. The van der Waals surface area contributed by atoms with Crippen LogP contribution in [0.1, 0.15) is 6.42 Å². The summed E-state index contributed by atoms with van der Waals surface area (Å²) in [6, 6.07) is -0.847. The number of carbonyl (C=O) groups is 1. The molecule has 1 saturated heterocycles. The highest BCUT2D eigenvalue weighted by molar-refractivity contribution is 7.80. The second-order valence-electron chi connectivity index (χ2n) is 2.28. The quantitative estimate of drug-likeness (QED) is 0.478. The first-order valence-corrected chi connectivity index (χ1v) is 3.40. The fraction of sp³-hybridized carbons (Fsp3) is 0.600. The molecule has 0 aliphatic carbocycles. The minimum atomic E-state index is -1.05. The van der Waals surface area contributed by atoms with Crippen molar-refractivity contribution in [2.24, 2.45) is 5.29 Å². The van der Waals surface area contributed by atoms with Crippen molar-refractivity contribution < 1.29 is 9.90 Å². The van der Waals surface area contributed by atoms with Crippen molar-refractivity contribution in [3.63, 3.8) is 0 Å². The molecule has 0 radical (unpaired) electrons. The van der Waals surface area contributed by atoms with E-state index in [-0.39, 0.29) is 13.0 Å². The van der Waals surface area contributed by atoms with Crippen molar-refractivity contribution in [1.29, 1.82) is 0 Å². The molecule has 0 aromatic heterocycles. The zero-order valence-corrected chi connectivity index (χ0v) is 6.37. The molecule has 0 saturated carbocycles. The van der Waals surface area contributed by atoms with Gasteiger partial charge in [0, 0.05) is 11.3 Å².